The number of benzene rings is 1. The molecule has 0 fully saturated rings. The number of hydrogen-bond donors (Lipinski definition) is 4. The number of likely N-dealkylation sites (N-methyl/N-ethyl adjacent to an activating group) is 1. The monoisotopic (exact) mass is 302 g/mol. The van der Waals surface area contributed by atoms with E-state index < -0.39 is 11.9 Å². The lowest BCUT2D eigenvalue weighted by molar-refractivity contribution is -0.140. The molecular formula is C16H22N4O2. The van der Waals surface area contributed by atoms with Crippen LogP contribution in [-0.2, 0) is 11.2 Å². The van der Waals surface area contributed by atoms with Crippen molar-refractivity contribution >= 4 is 22.4 Å². The Bertz CT molecular complexity index is 750. The van der Waals surface area contributed by atoms with E-state index in [1.807, 2.05) is 19.2 Å². The Morgan fingerprint density at radius 1 is 1.36 bits per heavy atom. The summed E-state index contributed by atoms with van der Waals surface area (Å²) in [5, 5.41) is 10.6. The van der Waals surface area contributed by atoms with Crippen LogP contribution < -0.4 is 12.3 Å². The average molecular weight is 302 g/mol. The normalized spacial score (nSPS) is 23.0. The Kier molecular flexibility index (Phi) is 4.10. The predicted octanol–water partition coefficient (Wildman–Crippen LogP) is 2.45. The highest BCUT2D eigenvalue weighted by Gasteiger charge is 2.35. The number of hydrogen-bond acceptors (Lipinski definition) is 4. The maximum absolute atomic E-state index is 11.3. The lowest BCUT2D eigenvalue weighted by Gasteiger charge is -2.38. The van der Waals surface area contributed by atoms with Crippen LogP contribution in [0.5, 0.6) is 0 Å². The van der Waals surface area contributed by atoms with E-state index in [-0.39, 0.29) is 12.3 Å². The summed E-state index contributed by atoms with van der Waals surface area (Å²) in [6.07, 6.45) is 4.99. The van der Waals surface area contributed by atoms with Crippen LogP contribution in [0.1, 0.15) is 11.1 Å². The van der Waals surface area contributed by atoms with E-state index >= 15 is 0 Å². The molecule has 1 aromatic heterocycles. The summed E-state index contributed by atoms with van der Waals surface area (Å²) in [6.45, 7) is 0.583. The molecule has 0 saturated carbocycles. The molecule has 2 heterocycles. The Morgan fingerprint density at radius 3 is 2.86 bits per heavy atom. The molecule has 1 aromatic carbocycles. The van der Waals surface area contributed by atoms with Gasteiger partial charge >= 0.3 is 5.97 Å². The van der Waals surface area contributed by atoms with Crippen molar-refractivity contribution in [1.82, 2.24) is 22.2 Å². The van der Waals surface area contributed by atoms with Crippen molar-refractivity contribution in [2.24, 2.45) is 5.92 Å². The Morgan fingerprint density at radius 2 is 2.14 bits per heavy atom. The van der Waals surface area contributed by atoms with Gasteiger partial charge in [0, 0.05) is 29.7 Å². The Balaban J connectivity index is 0.000000882. The lowest BCUT2D eigenvalue weighted by Crippen LogP contribution is -2.44. The van der Waals surface area contributed by atoms with E-state index in [2.05, 4.69) is 28.2 Å². The fourth-order valence-electron chi connectivity index (χ4n) is 3.61. The van der Waals surface area contributed by atoms with Crippen LogP contribution in [-0.4, -0.2) is 40.6 Å². The smallest absolute Gasteiger partial charge is 0.311 e. The molecule has 8 N–H and O–H groups in total. The summed E-state index contributed by atoms with van der Waals surface area (Å²) in [5.41, 5.74) is 4.83. The number of aromatic amines is 1. The third-order valence-corrected chi connectivity index (χ3v) is 4.59. The number of carboxylic acid groups (broad SMARTS) is 1. The number of carboxylic acids is 1. The zero-order chi connectivity index (χ0) is 13.9. The van der Waals surface area contributed by atoms with Crippen LogP contribution >= 0.6 is 0 Å². The van der Waals surface area contributed by atoms with Gasteiger partial charge in [0.05, 0.1) is 5.92 Å². The minimum absolute atomic E-state index is 0. The number of carbonyl (C=O) groups is 1. The van der Waals surface area contributed by atoms with Gasteiger partial charge in [-0.3, -0.25) is 9.69 Å². The summed E-state index contributed by atoms with van der Waals surface area (Å²) in [6, 6.07) is 6.51. The first kappa shape index (κ1) is 16.2. The van der Waals surface area contributed by atoms with Crippen LogP contribution in [0.3, 0.4) is 0 Å². The van der Waals surface area contributed by atoms with Gasteiger partial charge in [0.15, 0.2) is 0 Å². The first-order valence-corrected chi connectivity index (χ1v) is 6.89. The average Bonchev–Trinajstić information content (AvgIpc) is 2.84. The summed E-state index contributed by atoms with van der Waals surface area (Å²) >= 11 is 0. The Hall–Kier alpha value is -2.15. The van der Waals surface area contributed by atoms with Gasteiger partial charge in [-0.25, -0.2) is 0 Å². The van der Waals surface area contributed by atoms with E-state index in [0.29, 0.717) is 12.6 Å². The predicted molar refractivity (Wildman–Crippen MR) is 87.6 cm³/mol. The molecule has 0 amide bonds. The molecule has 6 nitrogen and oxygen atoms in total. The van der Waals surface area contributed by atoms with Crippen molar-refractivity contribution in [3.63, 3.8) is 0 Å². The molecule has 4 rings (SSSR count). The van der Waals surface area contributed by atoms with Gasteiger partial charge in [0.1, 0.15) is 0 Å². The second-order valence-electron chi connectivity index (χ2n) is 5.77. The zero-order valence-electron chi connectivity index (χ0n) is 12.7. The SMILES string of the molecule is CN1C[C@H](C(=O)O)C=C2c3cccc4[nH]cc(c34)C[C@H]21.N.N. The highest BCUT2D eigenvalue weighted by Crippen LogP contribution is 2.40. The van der Waals surface area contributed by atoms with Crippen LogP contribution in [0.2, 0.25) is 0 Å². The van der Waals surface area contributed by atoms with Gasteiger partial charge in [-0.05, 0) is 36.2 Å². The summed E-state index contributed by atoms with van der Waals surface area (Å²) < 4.78 is 0. The minimum Gasteiger partial charge on any atom is -0.481 e. The van der Waals surface area contributed by atoms with Crippen LogP contribution in [0, 0.1) is 5.92 Å². The van der Waals surface area contributed by atoms with Gasteiger partial charge < -0.3 is 22.4 Å². The van der Waals surface area contributed by atoms with Crippen molar-refractivity contribution in [3.8, 4) is 0 Å². The van der Waals surface area contributed by atoms with Gasteiger partial charge in [0.2, 0.25) is 0 Å². The summed E-state index contributed by atoms with van der Waals surface area (Å²) in [7, 11) is 2.02. The Labute approximate surface area is 129 Å². The highest BCUT2D eigenvalue weighted by atomic mass is 16.4. The molecule has 6 heteroatoms. The van der Waals surface area contributed by atoms with E-state index in [1.54, 1.807) is 0 Å². The number of aromatic nitrogens is 1. The van der Waals surface area contributed by atoms with Crippen LogP contribution in [0.15, 0.2) is 30.5 Å². The highest BCUT2D eigenvalue weighted by molar-refractivity contribution is 5.99. The summed E-state index contributed by atoms with van der Waals surface area (Å²) in [4.78, 5) is 16.8. The molecule has 1 aliphatic carbocycles. The second-order valence-corrected chi connectivity index (χ2v) is 5.77. The molecule has 0 bridgehead atoms. The number of nitrogens with zero attached hydrogens (tertiary/aromatic N) is 1. The molecule has 0 unspecified atom stereocenters. The van der Waals surface area contributed by atoms with E-state index in [9.17, 15) is 9.90 Å². The molecule has 0 spiro atoms. The lowest BCUT2D eigenvalue weighted by atomic mass is 9.80. The number of H-pyrrole nitrogens is 1. The molecular weight excluding hydrogens is 280 g/mol. The second kappa shape index (κ2) is 5.57. The number of rotatable bonds is 1. The van der Waals surface area contributed by atoms with Crippen molar-refractivity contribution in [2.45, 2.75) is 12.5 Å². The third-order valence-electron chi connectivity index (χ3n) is 4.59. The van der Waals surface area contributed by atoms with E-state index in [0.717, 1.165) is 11.9 Å². The summed E-state index contributed by atoms with van der Waals surface area (Å²) in [5.74, 6) is -1.16. The quantitative estimate of drug-likeness (QED) is 0.643. The molecule has 1 aliphatic heterocycles. The topological polar surface area (TPSA) is 126 Å². The zero-order valence-corrected chi connectivity index (χ0v) is 12.7. The fraction of sp³-hybridized carbons (Fsp3) is 0.312. The maximum Gasteiger partial charge on any atom is 0.311 e. The first-order chi connectivity index (χ1) is 9.65. The standard InChI is InChI=1S/C16H16N2O2.2H3N/c1-18-8-10(16(19)20)5-12-11-3-2-4-13-15(11)9(7-17-13)6-14(12)18;;/h2-5,7,10,14,17H,6,8H2,1H3,(H,19,20);2*1H3/t10-,14-;;/m1../s1. The van der Waals surface area contributed by atoms with E-state index in [1.165, 1.54) is 22.1 Å². The fourth-order valence-corrected chi connectivity index (χ4v) is 3.61. The number of aliphatic carboxylic acids is 1. The van der Waals surface area contributed by atoms with E-state index in [4.69, 9.17) is 0 Å². The molecule has 2 atom stereocenters. The van der Waals surface area contributed by atoms with Crippen molar-refractivity contribution in [1.29, 1.82) is 0 Å². The van der Waals surface area contributed by atoms with Crippen LogP contribution in [0.4, 0.5) is 0 Å². The van der Waals surface area contributed by atoms with Gasteiger partial charge in [-0.2, -0.15) is 0 Å². The van der Waals surface area contributed by atoms with Gasteiger partial charge in [0.25, 0.3) is 0 Å². The largest absolute Gasteiger partial charge is 0.481 e. The van der Waals surface area contributed by atoms with Crippen LogP contribution in [0.25, 0.3) is 16.5 Å². The maximum atomic E-state index is 11.3. The molecule has 2 aliphatic rings. The van der Waals surface area contributed by atoms with Crippen molar-refractivity contribution in [2.75, 3.05) is 13.6 Å². The number of nitrogens with one attached hydrogen (secondary N) is 1. The molecule has 22 heavy (non-hydrogen) atoms. The molecule has 0 saturated heterocycles. The minimum atomic E-state index is -0.741. The number of fused-ring (bicyclic) bond motifs is 2. The van der Waals surface area contributed by atoms with Gasteiger partial charge in [-0.1, -0.05) is 18.2 Å². The first-order valence-electron chi connectivity index (χ1n) is 6.89. The van der Waals surface area contributed by atoms with Crippen molar-refractivity contribution < 1.29 is 9.90 Å². The van der Waals surface area contributed by atoms with Crippen molar-refractivity contribution in [3.05, 3.63) is 41.6 Å². The van der Waals surface area contributed by atoms with Gasteiger partial charge in [-0.15, -0.1) is 0 Å². The molecule has 118 valence electrons. The molecule has 0 radical (unpaired) electrons. The third kappa shape index (κ3) is 2.12. The molecule has 2 aromatic rings.